The van der Waals surface area contributed by atoms with Gasteiger partial charge in [-0.05, 0) is 31.2 Å². The molecule has 2 N–H and O–H groups in total. The Hall–Kier alpha value is -0.940. The zero-order valence-electron chi connectivity index (χ0n) is 14.1. The van der Waals surface area contributed by atoms with E-state index in [2.05, 4.69) is 57.2 Å². The maximum Gasteiger partial charge on any atom is 0.226 e. The molecule has 0 fully saturated rings. The molecule has 0 spiro atoms. The Morgan fingerprint density at radius 1 is 1.38 bits per heavy atom. The summed E-state index contributed by atoms with van der Waals surface area (Å²) in [4.78, 5) is 16.5. The fourth-order valence-corrected chi connectivity index (χ4v) is 3.38. The highest BCUT2D eigenvalue weighted by Gasteiger charge is 2.18. The molecular formula is C16H29N3OS. The predicted octanol–water partition coefficient (Wildman–Crippen LogP) is 4.21. The second kappa shape index (κ2) is 7.90. The van der Waals surface area contributed by atoms with E-state index in [1.807, 2.05) is 5.38 Å². The van der Waals surface area contributed by atoms with Crippen LogP contribution in [0.1, 0.15) is 66.1 Å². The minimum Gasteiger partial charge on any atom is -0.309 e. The summed E-state index contributed by atoms with van der Waals surface area (Å²) < 4.78 is 0. The molecule has 1 aromatic heterocycles. The van der Waals surface area contributed by atoms with Crippen molar-refractivity contribution in [2.24, 2.45) is 11.3 Å². The molecule has 2 atom stereocenters. The topological polar surface area (TPSA) is 54.0 Å². The van der Waals surface area contributed by atoms with Crippen molar-refractivity contribution in [3.05, 3.63) is 11.1 Å². The maximum absolute atomic E-state index is 12.1. The van der Waals surface area contributed by atoms with Gasteiger partial charge in [0.25, 0.3) is 0 Å². The molecule has 21 heavy (non-hydrogen) atoms. The molecule has 120 valence electrons. The molecule has 0 saturated heterocycles. The summed E-state index contributed by atoms with van der Waals surface area (Å²) in [6.07, 6.45) is 1.59. The Bertz CT molecular complexity index is 451. The fraction of sp³-hybridized carbons (Fsp3) is 0.750. The maximum atomic E-state index is 12.1. The quantitative estimate of drug-likeness (QED) is 0.793. The molecule has 0 radical (unpaired) electrons. The first-order chi connectivity index (χ1) is 9.71. The van der Waals surface area contributed by atoms with Crippen molar-refractivity contribution in [3.63, 3.8) is 0 Å². The highest BCUT2D eigenvalue weighted by atomic mass is 32.1. The lowest BCUT2D eigenvalue weighted by Crippen LogP contribution is -2.19. The van der Waals surface area contributed by atoms with Crippen molar-refractivity contribution < 1.29 is 4.79 Å². The average Bonchev–Trinajstić information content (AvgIpc) is 2.74. The summed E-state index contributed by atoms with van der Waals surface area (Å²) in [7, 11) is 0. The Morgan fingerprint density at radius 2 is 2.05 bits per heavy atom. The lowest BCUT2D eigenvalue weighted by molar-refractivity contribution is -0.117. The van der Waals surface area contributed by atoms with Crippen LogP contribution in [0.4, 0.5) is 5.13 Å². The molecule has 5 heteroatoms. The molecule has 1 heterocycles. The van der Waals surface area contributed by atoms with E-state index in [1.54, 1.807) is 0 Å². The molecule has 0 bridgehead atoms. The normalized spacial score (nSPS) is 14.8. The van der Waals surface area contributed by atoms with Crippen molar-refractivity contribution in [3.8, 4) is 0 Å². The monoisotopic (exact) mass is 311 g/mol. The Morgan fingerprint density at radius 3 is 2.62 bits per heavy atom. The van der Waals surface area contributed by atoms with Gasteiger partial charge in [-0.3, -0.25) is 4.79 Å². The number of rotatable bonds is 7. The third-order valence-electron chi connectivity index (χ3n) is 3.22. The van der Waals surface area contributed by atoms with Crippen LogP contribution in [0.5, 0.6) is 0 Å². The number of thiazole rings is 1. The molecule has 0 aliphatic rings. The lowest BCUT2D eigenvalue weighted by Gasteiger charge is -2.22. The van der Waals surface area contributed by atoms with Gasteiger partial charge in [0.1, 0.15) is 0 Å². The Kier molecular flexibility index (Phi) is 6.81. The van der Waals surface area contributed by atoms with Crippen LogP contribution in [-0.2, 0) is 4.79 Å². The van der Waals surface area contributed by atoms with Crippen LogP contribution in [0.2, 0.25) is 0 Å². The number of carbonyl (C=O) groups excluding carboxylic acids is 1. The van der Waals surface area contributed by atoms with E-state index in [4.69, 9.17) is 0 Å². The van der Waals surface area contributed by atoms with Crippen molar-refractivity contribution in [2.75, 3.05) is 11.9 Å². The van der Waals surface area contributed by atoms with E-state index in [0.717, 1.165) is 18.7 Å². The number of nitrogens with one attached hydrogen (secondary N) is 2. The van der Waals surface area contributed by atoms with E-state index >= 15 is 0 Å². The van der Waals surface area contributed by atoms with Crippen LogP contribution < -0.4 is 10.6 Å². The fourth-order valence-electron chi connectivity index (χ4n) is 2.56. The van der Waals surface area contributed by atoms with Crippen molar-refractivity contribution in [1.82, 2.24) is 10.3 Å². The van der Waals surface area contributed by atoms with Crippen LogP contribution in [0.3, 0.4) is 0 Å². The van der Waals surface area contributed by atoms with E-state index in [1.165, 1.54) is 11.3 Å². The van der Waals surface area contributed by atoms with Gasteiger partial charge in [0.05, 0.1) is 5.69 Å². The first-order valence-corrected chi connectivity index (χ1v) is 8.58. The summed E-state index contributed by atoms with van der Waals surface area (Å²) in [6.45, 7) is 13.8. The molecule has 1 aromatic rings. The summed E-state index contributed by atoms with van der Waals surface area (Å²) in [5.74, 6) is 0.439. The summed E-state index contributed by atoms with van der Waals surface area (Å²) in [5.41, 5.74) is 1.25. The molecular weight excluding hydrogens is 282 g/mol. The highest BCUT2D eigenvalue weighted by molar-refractivity contribution is 7.13. The SMILES string of the molecule is CCNC(C)c1csc(NC(=O)CC(C)CC(C)(C)C)n1. The molecule has 2 unspecified atom stereocenters. The predicted molar refractivity (Wildman–Crippen MR) is 90.7 cm³/mol. The van der Waals surface area contributed by atoms with Gasteiger partial charge in [0.15, 0.2) is 5.13 Å². The van der Waals surface area contributed by atoms with Gasteiger partial charge in [-0.1, -0.05) is 34.6 Å². The van der Waals surface area contributed by atoms with Crippen LogP contribution in [0.25, 0.3) is 0 Å². The van der Waals surface area contributed by atoms with Gasteiger partial charge >= 0.3 is 0 Å². The minimum absolute atomic E-state index is 0.0590. The van der Waals surface area contributed by atoms with E-state index < -0.39 is 0 Å². The number of aromatic nitrogens is 1. The second-order valence-corrected chi connectivity index (χ2v) is 7.84. The number of hydrogen-bond acceptors (Lipinski definition) is 4. The van der Waals surface area contributed by atoms with Crippen LogP contribution in [0.15, 0.2) is 5.38 Å². The van der Waals surface area contributed by atoms with Crippen molar-refractivity contribution in [2.45, 2.75) is 60.4 Å². The first kappa shape index (κ1) is 18.1. The number of nitrogens with zero attached hydrogens (tertiary/aromatic N) is 1. The van der Waals surface area contributed by atoms with Crippen molar-refractivity contribution in [1.29, 1.82) is 0 Å². The summed E-state index contributed by atoms with van der Waals surface area (Å²) >= 11 is 1.49. The molecule has 0 aliphatic carbocycles. The molecule has 0 aromatic carbocycles. The van der Waals surface area contributed by atoms with Gasteiger partial charge in [-0.2, -0.15) is 0 Å². The molecule has 0 aliphatic heterocycles. The highest BCUT2D eigenvalue weighted by Crippen LogP contribution is 2.26. The smallest absolute Gasteiger partial charge is 0.226 e. The minimum atomic E-state index is 0.0590. The van der Waals surface area contributed by atoms with Gasteiger partial charge in [0.2, 0.25) is 5.91 Å². The van der Waals surface area contributed by atoms with E-state index in [0.29, 0.717) is 17.5 Å². The Labute approximate surface area is 132 Å². The van der Waals surface area contributed by atoms with Crippen LogP contribution in [0, 0.1) is 11.3 Å². The standard InChI is InChI=1S/C16H29N3OS/c1-7-17-12(3)13-10-21-15(18-13)19-14(20)8-11(2)9-16(4,5)6/h10-12,17H,7-9H2,1-6H3,(H,18,19,20). The van der Waals surface area contributed by atoms with Crippen LogP contribution >= 0.6 is 11.3 Å². The number of hydrogen-bond donors (Lipinski definition) is 2. The first-order valence-electron chi connectivity index (χ1n) is 7.70. The third kappa shape index (κ3) is 7.05. The van der Waals surface area contributed by atoms with E-state index in [-0.39, 0.29) is 17.4 Å². The number of carbonyl (C=O) groups is 1. The second-order valence-electron chi connectivity index (χ2n) is 6.98. The summed E-state index contributed by atoms with van der Waals surface area (Å²) in [6, 6.07) is 0.219. The molecule has 0 saturated carbocycles. The largest absolute Gasteiger partial charge is 0.309 e. The van der Waals surface area contributed by atoms with Gasteiger partial charge in [-0.15, -0.1) is 11.3 Å². The third-order valence-corrected chi connectivity index (χ3v) is 3.99. The van der Waals surface area contributed by atoms with Crippen molar-refractivity contribution >= 4 is 22.4 Å². The zero-order valence-corrected chi connectivity index (χ0v) is 14.9. The average molecular weight is 311 g/mol. The molecule has 4 nitrogen and oxygen atoms in total. The Balaban J connectivity index is 2.48. The lowest BCUT2D eigenvalue weighted by atomic mass is 9.84. The van der Waals surface area contributed by atoms with Crippen LogP contribution in [-0.4, -0.2) is 17.4 Å². The van der Waals surface area contributed by atoms with Gasteiger partial charge < -0.3 is 10.6 Å². The molecule has 1 amide bonds. The summed E-state index contributed by atoms with van der Waals surface area (Å²) in [5, 5.41) is 8.93. The van der Waals surface area contributed by atoms with Gasteiger partial charge in [-0.25, -0.2) is 4.98 Å². The van der Waals surface area contributed by atoms with E-state index in [9.17, 15) is 4.79 Å². The number of amides is 1. The molecule has 1 rings (SSSR count). The number of anilines is 1. The zero-order chi connectivity index (χ0) is 16.0. The van der Waals surface area contributed by atoms with Gasteiger partial charge in [0, 0.05) is 17.8 Å².